The summed E-state index contributed by atoms with van der Waals surface area (Å²) in [7, 11) is 0. The molecule has 2 heterocycles. The molecule has 1 aliphatic rings. The van der Waals surface area contributed by atoms with Gasteiger partial charge in [0.1, 0.15) is 6.04 Å². The van der Waals surface area contributed by atoms with E-state index < -0.39 is 6.04 Å². The summed E-state index contributed by atoms with van der Waals surface area (Å²) < 4.78 is 1.01. The Labute approximate surface area is 151 Å². The third kappa shape index (κ3) is 3.65. The summed E-state index contributed by atoms with van der Waals surface area (Å²) in [6, 6.07) is 12.4. The Balaban J connectivity index is 1.71. The first kappa shape index (κ1) is 16.7. The quantitative estimate of drug-likeness (QED) is 0.818. The molecule has 0 aliphatic carbocycles. The number of aliphatic imine (C=N–C) groups is 1. The summed E-state index contributed by atoms with van der Waals surface area (Å²) >= 11 is 4.94. The van der Waals surface area contributed by atoms with Crippen LogP contribution in [0.25, 0.3) is 0 Å². The maximum Gasteiger partial charge on any atom is 0.288 e. The van der Waals surface area contributed by atoms with Gasteiger partial charge in [-0.1, -0.05) is 18.2 Å². The van der Waals surface area contributed by atoms with Gasteiger partial charge < -0.3 is 5.32 Å². The fourth-order valence-corrected chi connectivity index (χ4v) is 3.62. The van der Waals surface area contributed by atoms with Gasteiger partial charge in [0.05, 0.1) is 16.0 Å². The van der Waals surface area contributed by atoms with E-state index in [9.17, 15) is 9.59 Å². The molecule has 1 aliphatic heterocycles. The number of para-hydroxylation sites is 1. The van der Waals surface area contributed by atoms with Gasteiger partial charge >= 0.3 is 0 Å². The highest BCUT2D eigenvalue weighted by Crippen LogP contribution is 2.21. The minimum atomic E-state index is -0.622. The van der Waals surface area contributed by atoms with Crippen LogP contribution in [0, 0.1) is 0 Å². The lowest BCUT2D eigenvalue weighted by molar-refractivity contribution is -0.120. The SMILES string of the molecule is CC1N=C(C(=O)NCc2ccc(Br)s2)NN(c2ccccc2)C1=O. The van der Waals surface area contributed by atoms with E-state index in [4.69, 9.17) is 0 Å². The van der Waals surface area contributed by atoms with Gasteiger partial charge in [-0.25, -0.2) is 10.0 Å². The molecule has 0 radical (unpaired) electrons. The Morgan fingerprint density at radius 1 is 1.33 bits per heavy atom. The number of rotatable bonds is 4. The lowest BCUT2D eigenvalue weighted by Crippen LogP contribution is -2.57. The van der Waals surface area contributed by atoms with Crippen molar-refractivity contribution in [3.63, 3.8) is 0 Å². The van der Waals surface area contributed by atoms with Crippen molar-refractivity contribution in [2.24, 2.45) is 4.99 Å². The van der Waals surface area contributed by atoms with E-state index in [-0.39, 0.29) is 17.6 Å². The standard InChI is InChI=1S/C16H15BrN4O2S/c1-10-16(23)21(11-5-3-2-4-6-11)20-14(19-10)15(22)18-9-12-7-8-13(17)24-12/h2-8,10H,9H2,1H3,(H,18,22)(H,19,20). The summed E-state index contributed by atoms with van der Waals surface area (Å²) in [5, 5.41) is 4.16. The predicted octanol–water partition coefficient (Wildman–Crippen LogP) is 2.47. The summed E-state index contributed by atoms with van der Waals surface area (Å²) in [5.74, 6) is -0.429. The highest BCUT2D eigenvalue weighted by Gasteiger charge is 2.30. The molecule has 1 aromatic heterocycles. The molecule has 0 spiro atoms. The molecular formula is C16H15BrN4O2S. The number of hydrogen-bond acceptors (Lipinski definition) is 5. The number of halogens is 1. The Bertz CT molecular complexity index is 790. The van der Waals surface area contributed by atoms with Crippen LogP contribution in [-0.4, -0.2) is 23.7 Å². The van der Waals surface area contributed by atoms with Gasteiger partial charge in [-0.05, 0) is 47.1 Å². The number of amidine groups is 1. The minimum absolute atomic E-state index is 0.126. The van der Waals surface area contributed by atoms with Gasteiger partial charge in [-0.2, -0.15) is 0 Å². The molecule has 0 bridgehead atoms. The third-order valence-electron chi connectivity index (χ3n) is 3.40. The van der Waals surface area contributed by atoms with Crippen molar-refractivity contribution in [3.05, 3.63) is 51.1 Å². The fraction of sp³-hybridized carbons (Fsp3) is 0.188. The zero-order chi connectivity index (χ0) is 17.1. The van der Waals surface area contributed by atoms with E-state index in [0.29, 0.717) is 12.2 Å². The van der Waals surface area contributed by atoms with Gasteiger partial charge in [0.2, 0.25) is 5.84 Å². The Morgan fingerprint density at radius 3 is 2.75 bits per heavy atom. The number of carbonyl (C=O) groups excluding carboxylic acids is 2. The van der Waals surface area contributed by atoms with Crippen molar-refractivity contribution in [1.29, 1.82) is 0 Å². The molecule has 6 nitrogen and oxygen atoms in total. The number of anilines is 1. The molecule has 24 heavy (non-hydrogen) atoms. The van der Waals surface area contributed by atoms with Crippen molar-refractivity contribution in [2.75, 3.05) is 5.01 Å². The smallest absolute Gasteiger partial charge is 0.288 e. The number of benzene rings is 1. The predicted molar refractivity (Wildman–Crippen MR) is 97.8 cm³/mol. The molecule has 0 fully saturated rings. The van der Waals surface area contributed by atoms with Crippen LogP contribution in [0.2, 0.25) is 0 Å². The van der Waals surface area contributed by atoms with Crippen molar-refractivity contribution in [3.8, 4) is 0 Å². The van der Waals surface area contributed by atoms with Crippen LogP contribution in [0.15, 0.2) is 51.2 Å². The molecule has 124 valence electrons. The van der Waals surface area contributed by atoms with Crippen LogP contribution in [-0.2, 0) is 16.1 Å². The molecule has 3 rings (SSSR count). The third-order valence-corrected chi connectivity index (χ3v) is 5.02. The Hall–Kier alpha value is -2.19. The zero-order valence-electron chi connectivity index (χ0n) is 12.8. The topological polar surface area (TPSA) is 73.8 Å². The summed E-state index contributed by atoms with van der Waals surface area (Å²) in [4.78, 5) is 29.8. The van der Waals surface area contributed by atoms with E-state index in [2.05, 4.69) is 31.7 Å². The second kappa shape index (κ2) is 7.14. The van der Waals surface area contributed by atoms with Crippen LogP contribution < -0.4 is 15.8 Å². The van der Waals surface area contributed by atoms with E-state index in [1.165, 1.54) is 5.01 Å². The Morgan fingerprint density at radius 2 is 2.08 bits per heavy atom. The highest BCUT2D eigenvalue weighted by molar-refractivity contribution is 9.11. The largest absolute Gasteiger partial charge is 0.344 e. The Kier molecular flexibility index (Phi) is 4.96. The van der Waals surface area contributed by atoms with Crippen LogP contribution in [0.5, 0.6) is 0 Å². The normalized spacial score (nSPS) is 17.2. The van der Waals surface area contributed by atoms with E-state index in [1.54, 1.807) is 30.4 Å². The molecule has 0 saturated carbocycles. The number of hydrazine groups is 1. The molecule has 1 aromatic carbocycles. The van der Waals surface area contributed by atoms with E-state index in [1.807, 2.05) is 30.3 Å². The maximum absolute atomic E-state index is 12.4. The zero-order valence-corrected chi connectivity index (χ0v) is 15.2. The molecule has 1 atom stereocenters. The van der Waals surface area contributed by atoms with Crippen LogP contribution in [0.4, 0.5) is 5.69 Å². The first-order chi connectivity index (χ1) is 11.5. The highest BCUT2D eigenvalue weighted by atomic mass is 79.9. The van der Waals surface area contributed by atoms with E-state index >= 15 is 0 Å². The van der Waals surface area contributed by atoms with Gasteiger partial charge in [-0.3, -0.25) is 15.0 Å². The van der Waals surface area contributed by atoms with Crippen LogP contribution in [0.1, 0.15) is 11.8 Å². The average molecular weight is 407 g/mol. The molecular weight excluding hydrogens is 392 g/mol. The van der Waals surface area contributed by atoms with Crippen LogP contribution >= 0.6 is 27.3 Å². The average Bonchev–Trinajstić information content (AvgIpc) is 3.01. The number of amides is 2. The van der Waals surface area contributed by atoms with Crippen LogP contribution in [0.3, 0.4) is 0 Å². The second-order valence-electron chi connectivity index (χ2n) is 5.16. The number of hydrogen-bond donors (Lipinski definition) is 2. The number of nitrogens with one attached hydrogen (secondary N) is 2. The van der Waals surface area contributed by atoms with Crippen molar-refractivity contribution in [1.82, 2.24) is 10.7 Å². The van der Waals surface area contributed by atoms with Gasteiger partial charge in [0.25, 0.3) is 11.8 Å². The van der Waals surface area contributed by atoms with Gasteiger partial charge in [0.15, 0.2) is 0 Å². The lowest BCUT2D eigenvalue weighted by atomic mass is 10.2. The number of nitrogens with zero attached hydrogens (tertiary/aromatic N) is 2. The molecule has 2 N–H and O–H groups in total. The first-order valence-electron chi connectivity index (χ1n) is 7.30. The number of carbonyl (C=O) groups is 2. The van der Waals surface area contributed by atoms with Gasteiger partial charge in [-0.15, -0.1) is 11.3 Å². The second-order valence-corrected chi connectivity index (χ2v) is 7.71. The minimum Gasteiger partial charge on any atom is -0.344 e. The van der Waals surface area contributed by atoms with Crippen molar-refractivity contribution in [2.45, 2.75) is 19.5 Å². The molecule has 1 unspecified atom stereocenters. The van der Waals surface area contributed by atoms with Gasteiger partial charge in [0, 0.05) is 4.88 Å². The maximum atomic E-state index is 12.4. The number of thiophene rings is 1. The first-order valence-corrected chi connectivity index (χ1v) is 8.91. The van der Waals surface area contributed by atoms with Crippen molar-refractivity contribution < 1.29 is 9.59 Å². The lowest BCUT2D eigenvalue weighted by Gasteiger charge is -2.30. The molecule has 8 heteroatoms. The van der Waals surface area contributed by atoms with E-state index in [0.717, 1.165) is 8.66 Å². The van der Waals surface area contributed by atoms with Crippen molar-refractivity contribution >= 4 is 50.6 Å². The molecule has 2 aromatic rings. The molecule has 2 amide bonds. The summed E-state index contributed by atoms with van der Waals surface area (Å²) in [6.45, 7) is 2.08. The summed E-state index contributed by atoms with van der Waals surface area (Å²) in [5.41, 5.74) is 3.47. The fourth-order valence-electron chi connectivity index (χ4n) is 2.20. The monoisotopic (exact) mass is 406 g/mol. The molecule has 0 saturated heterocycles. The summed E-state index contributed by atoms with van der Waals surface area (Å²) in [6.07, 6.45) is 0.